The first kappa shape index (κ1) is 25.5. The predicted molar refractivity (Wildman–Crippen MR) is 125 cm³/mol. The zero-order valence-electron chi connectivity index (χ0n) is 18.7. The van der Waals surface area contributed by atoms with E-state index < -0.39 is 0 Å². The van der Waals surface area contributed by atoms with Crippen molar-refractivity contribution in [2.45, 2.75) is 52.5 Å². The Bertz CT molecular complexity index is 969. The number of aromatic hydroxyl groups is 1. The number of rotatable bonds is 9. The molecule has 3 atom stereocenters. The fourth-order valence-electron chi connectivity index (χ4n) is 2.56. The number of phenolic OH excluding ortho intramolecular Hbond substituents is 1. The van der Waals surface area contributed by atoms with Gasteiger partial charge in [-0.3, -0.25) is 9.88 Å². The molecule has 2 unspecified atom stereocenters. The van der Waals surface area contributed by atoms with E-state index in [2.05, 4.69) is 20.0 Å². The molecule has 2 aromatic heterocycles. The number of imidazole rings is 1. The molecule has 4 N–H and O–H groups in total. The van der Waals surface area contributed by atoms with Gasteiger partial charge in [-0.25, -0.2) is 15.0 Å². The third kappa shape index (κ3) is 8.37. The maximum Gasteiger partial charge on any atom is 0.323 e. The molecule has 11 heteroatoms. The molecule has 3 aromatic rings. The molecule has 0 aliphatic carbocycles. The molecule has 32 heavy (non-hydrogen) atoms. The third-order valence-electron chi connectivity index (χ3n) is 4.10. The summed E-state index contributed by atoms with van der Waals surface area (Å²) in [5.41, 5.74) is 7.06. The highest BCUT2D eigenvalue weighted by molar-refractivity contribution is 7.35. The van der Waals surface area contributed by atoms with E-state index in [9.17, 15) is 4.79 Å². The van der Waals surface area contributed by atoms with Crippen LogP contribution >= 0.6 is 8.73 Å². The quantitative estimate of drug-likeness (QED) is 0.249. The minimum Gasteiger partial charge on any atom is -0.508 e. The number of ether oxygens (including phenoxy) is 2. The molecule has 174 valence electrons. The molecular weight excluding hydrogens is 431 g/mol. The van der Waals surface area contributed by atoms with E-state index in [4.69, 9.17) is 20.3 Å². The molecule has 0 saturated heterocycles. The lowest BCUT2D eigenvalue weighted by Gasteiger charge is -2.17. The number of anilines is 1. The van der Waals surface area contributed by atoms with Gasteiger partial charge in [0.05, 0.1) is 31.4 Å². The van der Waals surface area contributed by atoms with Crippen LogP contribution in [-0.4, -0.2) is 55.2 Å². The van der Waals surface area contributed by atoms with Crippen molar-refractivity contribution >= 4 is 31.7 Å². The maximum atomic E-state index is 11.7. The lowest BCUT2D eigenvalue weighted by molar-refractivity contribution is -0.148. The fraction of sp³-hybridized carbons (Fsp3) is 0.429. The summed E-state index contributed by atoms with van der Waals surface area (Å²) in [5, 5.41) is 11.7. The predicted octanol–water partition coefficient (Wildman–Crippen LogP) is 2.69. The average molecular weight is 462 g/mol. The Morgan fingerprint density at radius 2 is 1.91 bits per heavy atom. The van der Waals surface area contributed by atoms with Gasteiger partial charge < -0.3 is 24.9 Å². The number of carbonyl (C=O) groups is 1. The number of nitrogen functional groups attached to an aromatic ring is 1. The normalized spacial score (nSPS) is 13.2. The number of esters is 1. The van der Waals surface area contributed by atoms with Crippen LogP contribution in [0.1, 0.15) is 27.7 Å². The number of nitrogens with one attached hydrogen (secondary N) is 1. The molecule has 0 radical (unpaired) electrons. The zero-order valence-corrected chi connectivity index (χ0v) is 19.7. The van der Waals surface area contributed by atoms with Crippen LogP contribution in [0.4, 0.5) is 5.82 Å². The smallest absolute Gasteiger partial charge is 0.323 e. The van der Waals surface area contributed by atoms with Crippen molar-refractivity contribution in [2.24, 2.45) is 0 Å². The number of nitrogens with two attached hydrogens (primary N) is 1. The second kappa shape index (κ2) is 12.9. The van der Waals surface area contributed by atoms with Crippen molar-refractivity contribution in [3.8, 4) is 5.75 Å². The molecule has 0 aliphatic heterocycles. The standard InChI is InChI=1S/C15H25N6O3P.C6H6O/c1-9(2)24-15(22)11(4)20-25-8-23-10(3)5-21-7-19-12-13(16)17-6-18-14(12)21;7-6-4-2-1-3-5-6/h6-7,9-11,20,25H,5,8H2,1-4H3,(H2,16,17,18);1-5,7H/t10?,11-;/m0./s1. The highest BCUT2D eigenvalue weighted by Crippen LogP contribution is 2.16. The van der Waals surface area contributed by atoms with Crippen LogP contribution in [0.2, 0.25) is 0 Å². The van der Waals surface area contributed by atoms with Crippen LogP contribution in [0.15, 0.2) is 43.0 Å². The Morgan fingerprint density at radius 3 is 2.53 bits per heavy atom. The first-order chi connectivity index (χ1) is 15.3. The average Bonchev–Trinajstić information content (AvgIpc) is 3.15. The van der Waals surface area contributed by atoms with Gasteiger partial charge in [0.15, 0.2) is 11.5 Å². The molecule has 1 aromatic carbocycles. The number of hydrogen-bond donors (Lipinski definition) is 3. The summed E-state index contributed by atoms with van der Waals surface area (Å²) >= 11 is 0. The molecule has 10 nitrogen and oxygen atoms in total. The topological polar surface area (TPSA) is 137 Å². The van der Waals surface area contributed by atoms with Gasteiger partial charge in [0.1, 0.15) is 23.6 Å². The van der Waals surface area contributed by atoms with Gasteiger partial charge in [0, 0.05) is 0 Å². The van der Waals surface area contributed by atoms with Crippen LogP contribution in [0.5, 0.6) is 5.75 Å². The number of aromatic nitrogens is 4. The van der Waals surface area contributed by atoms with Gasteiger partial charge >= 0.3 is 5.97 Å². The van der Waals surface area contributed by atoms with Crippen LogP contribution in [0.3, 0.4) is 0 Å². The number of benzene rings is 1. The Labute approximate surface area is 189 Å². The van der Waals surface area contributed by atoms with Crippen molar-refractivity contribution in [3.05, 3.63) is 43.0 Å². The van der Waals surface area contributed by atoms with E-state index >= 15 is 0 Å². The molecule has 0 aliphatic rings. The molecule has 0 spiro atoms. The van der Waals surface area contributed by atoms with E-state index in [-0.39, 0.29) is 24.2 Å². The Balaban J connectivity index is 0.000000439. The van der Waals surface area contributed by atoms with E-state index in [1.807, 2.05) is 31.4 Å². The van der Waals surface area contributed by atoms with Gasteiger partial charge in [-0.2, -0.15) is 0 Å². The Kier molecular flexibility index (Phi) is 10.3. The van der Waals surface area contributed by atoms with Crippen molar-refractivity contribution < 1.29 is 19.4 Å². The monoisotopic (exact) mass is 462 g/mol. The van der Waals surface area contributed by atoms with Crippen LogP contribution in [-0.2, 0) is 20.8 Å². The van der Waals surface area contributed by atoms with E-state index in [1.54, 1.807) is 37.5 Å². The van der Waals surface area contributed by atoms with E-state index in [1.165, 1.54) is 6.33 Å². The SMILES string of the molecule is CC(C)OC(=O)[C@H](C)NPCOC(C)Cn1cnc2c(N)ncnc21.Oc1ccccc1. The molecule has 0 amide bonds. The summed E-state index contributed by atoms with van der Waals surface area (Å²) in [5.74, 6) is 0.436. The summed E-state index contributed by atoms with van der Waals surface area (Å²) in [6, 6.07) is 8.36. The number of nitrogens with zero attached hydrogens (tertiary/aromatic N) is 4. The van der Waals surface area contributed by atoms with E-state index in [0.29, 0.717) is 44.4 Å². The van der Waals surface area contributed by atoms with E-state index in [0.717, 1.165) is 0 Å². The maximum absolute atomic E-state index is 11.7. The second-order valence-corrected chi connectivity index (χ2v) is 8.24. The number of phenols is 1. The molecule has 0 bridgehead atoms. The Morgan fingerprint density at radius 1 is 1.19 bits per heavy atom. The molecule has 0 saturated carbocycles. The van der Waals surface area contributed by atoms with Crippen LogP contribution in [0, 0.1) is 0 Å². The molecule has 0 fully saturated rings. The van der Waals surface area contributed by atoms with Crippen molar-refractivity contribution in [1.82, 2.24) is 24.6 Å². The van der Waals surface area contributed by atoms with Crippen LogP contribution < -0.4 is 10.8 Å². The summed E-state index contributed by atoms with van der Waals surface area (Å²) < 4.78 is 12.8. The number of carbonyl (C=O) groups excluding carboxylic acids is 1. The Hall–Kier alpha value is -2.81. The second-order valence-electron chi connectivity index (χ2n) is 7.31. The first-order valence-electron chi connectivity index (χ1n) is 10.2. The highest BCUT2D eigenvalue weighted by Gasteiger charge is 2.15. The van der Waals surface area contributed by atoms with Gasteiger partial charge in [-0.15, -0.1) is 0 Å². The van der Waals surface area contributed by atoms with Crippen molar-refractivity contribution in [2.75, 3.05) is 12.1 Å². The lowest BCUT2D eigenvalue weighted by Crippen LogP contribution is -2.32. The van der Waals surface area contributed by atoms with Gasteiger partial charge in [0.25, 0.3) is 0 Å². The largest absolute Gasteiger partial charge is 0.508 e. The number of para-hydroxylation sites is 1. The lowest BCUT2D eigenvalue weighted by atomic mass is 10.3. The fourth-order valence-corrected chi connectivity index (χ4v) is 3.44. The number of hydrogen-bond acceptors (Lipinski definition) is 9. The third-order valence-corrected chi connectivity index (χ3v) is 5.05. The minimum atomic E-state index is -0.350. The van der Waals surface area contributed by atoms with Crippen LogP contribution in [0.25, 0.3) is 11.2 Å². The summed E-state index contributed by atoms with van der Waals surface area (Å²) in [6.45, 7) is 8.01. The summed E-state index contributed by atoms with van der Waals surface area (Å²) in [6.07, 6.45) is 3.45. The van der Waals surface area contributed by atoms with Gasteiger partial charge in [0.2, 0.25) is 0 Å². The summed E-state index contributed by atoms with van der Waals surface area (Å²) in [4.78, 5) is 24.1. The molecular formula is C21H31N6O4P. The highest BCUT2D eigenvalue weighted by atomic mass is 31.1. The summed E-state index contributed by atoms with van der Waals surface area (Å²) in [7, 11) is 0.299. The minimum absolute atomic E-state index is 0.0409. The molecule has 2 heterocycles. The number of fused-ring (bicyclic) bond motifs is 1. The van der Waals surface area contributed by atoms with Crippen molar-refractivity contribution in [3.63, 3.8) is 0 Å². The van der Waals surface area contributed by atoms with Gasteiger partial charge in [-0.1, -0.05) is 18.2 Å². The first-order valence-corrected chi connectivity index (χ1v) is 11.4. The molecule has 3 rings (SSSR count). The van der Waals surface area contributed by atoms with Crippen molar-refractivity contribution in [1.29, 1.82) is 0 Å². The van der Waals surface area contributed by atoms with Gasteiger partial charge in [-0.05, 0) is 48.6 Å². The zero-order chi connectivity index (χ0) is 23.5.